The minimum atomic E-state index is -0.219. The Morgan fingerprint density at radius 3 is 2.88 bits per heavy atom. The lowest BCUT2D eigenvalue weighted by atomic mass is 9.86. The third kappa shape index (κ3) is 2.33. The fraction of sp³-hybridized carbons (Fsp3) is 0.389. The van der Waals surface area contributed by atoms with Crippen LogP contribution in [-0.2, 0) is 4.79 Å². The summed E-state index contributed by atoms with van der Waals surface area (Å²) in [5.41, 5.74) is 0.583. The van der Waals surface area contributed by atoms with E-state index in [0.29, 0.717) is 37.6 Å². The topological polar surface area (TPSA) is 85.1 Å². The summed E-state index contributed by atoms with van der Waals surface area (Å²) in [6.45, 7) is 1.95. The predicted octanol–water partition coefficient (Wildman–Crippen LogP) is 1.67. The molecule has 1 spiro atoms. The fourth-order valence-electron chi connectivity index (χ4n) is 4.05. The average molecular weight is 355 g/mol. The number of hydrogen-bond acceptors (Lipinski definition) is 6. The summed E-state index contributed by atoms with van der Waals surface area (Å²) in [5, 5.41) is 3.59. The van der Waals surface area contributed by atoms with Crippen LogP contribution in [0.15, 0.2) is 35.0 Å². The van der Waals surface area contributed by atoms with Crippen LogP contribution in [0.3, 0.4) is 0 Å². The molecule has 3 aliphatic heterocycles. The molecular weight excluding hydrogens is 338 g/mol. The Balaban J connectivity index is 1.34. The van der Waals surface area contributed by atoms with Gasteiger partial charge in [-0.2, -0.15) is 0 Å². The number of ether oxygens (including phenoxy) is 2. The zero-order chi connectivity index (χ0) is 17.7. The summed E-state index contributed by atoms with van der Waals surface area (Å²) in [5.74, 6) is 1.48. The van der Waals surface area contributed by atoms with E-state index in [4.69, 9.17) is 14.0 Å². The first-order valence-electron chi connectivity index (χ1n) is 8.54. The third-order valence-corrected chi connectivity index (χ3v) is 5.36. The van der Waals surface area contributed by atoms with Gasteiger partial charge in [-0.05, 0) is 18.6 Å². The number of likely N-dealkylation sites (tertiary alicyclic amines) is 1. The van der Waals surface area contributed by atoms with Gasteiger partial charge in [0.25, 0.3) is 5.91 Å². The molecule has 0 radical (unpaired) electrons. The van der Waals surface area contributed by atoms with E-state index in [1.165, 1.54) is 6.20 Å². The molecule has 1 aromatic heterocycles. The molecule has 0 aliphatic carbocycles. The van der Waals surface area contributed by atoms with Crippen LogP contribution in [0.25, 0.3) is 0 Å². The second-order valence-electron chi connectivity index (χ2n) is 7.05. The van der Waals surface area contributed by atoms with Crippen LogP contribution < -0.4 is 14.4 Å². The van der Waals surface area contributed by atoms with Gasteiger partial charge >= 0.3 is 0 Å². The van der Waals surface area contributed by atoms with Crippen LogP contribution in [0, 0.1) is 5.41 Å². The molecule has 134 valence electrons. The molecule has 2 fully saturated rings. The summed E-state index contributed by atoms with van der Waals surface area (Å²) < 4.78 is 15.7. The quantitative estimate of drug-likeness (QED) is 0.815. The van der Waals surface area contributed by atoms with Crippen molar-refractivity contribution < 1.29 is 23.6 Å². The van der Waals surface area contributed by atoms with Gasteiger partial charge < -0.3 is 23.8 Å². The number of carbonyl (C=O) groups excluding carboxylic acids is 2. The van der Waals surface area contributed by atoms with E-state index < -0.39 is 0 Å². The van der Waals surface area contributed by atoms with Gasteiger partial charge in [-0.25, -0.2) is 0 Å². The van der Waals surface area contributed by atoms with E-state index in [1.54, 1.807) is 15.9 Å². The zero-order valence-electron chi connectivity index (χ0n) is 14.0. The maximum Gasteiger partial charge on any atom is 0.292 e. The molecule has 0 bridgehead atoms. The number of carbonyl (C=O) groups is 2. The molecule has 0 saturated carbocycles. The normalized spacial score (nSPS) is 24.1. The molecular formula is C18H17N3O5. The van der Waals surface area contributed by atoms with Crippen LogP contribution in [0.4, 0.5) is 5.69 Å². The van der Waals surface area contributed by atoms with Crippen molar-refractivity contribution in [3.8, 4) is 11.5 Å². The Labute approximate surface area is 149 Å². The lowest BCUT2D eigenvalue weighted by Crippen LogP contribution is -2.34. The standard InChI is InChI=1S/C18H17N3O5/c22-16-8-18(4-6-20(9-18)17(23)14-3-5-19-26-14)10-21(16)12-1-2-13-15(7-12)25-11-24-13/h1-3,5,7H,4,6,8-11H2/t18-/m1/s1. The second-order valence-corrected chi connectivity index (χ2v) is 7.05. The Kier molecular flexibility index (Phi) is 3.22. The van der Waals surface area contributed by atoms with Gasteiger partial charge in [-0.3, -0.25) is 9.59 Å². The van der Waals surface area contributed by atoms with Gasteiger partial charge in [0.15, 0.2) is 11.5 Å². The molecule has 1 aromatic carbocycles. The SMILES string of the molecule is O=C(c1ccno1)N1CC[C@@]2(CC(=O)N(c3ccc4c(c3)OCO4)C2)C1. The Bertz CT molecular complexity index is 881. The summed E-state index contributed by atoms with van der Waals surface area (Å²) in [7, 11) is 0. The highest BCUT2D eigenvalue weighted by Crippen LogP contribution is 2.44. The Morgan fingerprint density at radius 1 is 1.15 bits per heavy atom. The van der Waals surface area contributed by atoms with E-state index in [-0.39, 0.29) is 29.8 Å². The van der Waals surface area contributed by atoms with Crippen molar-refractivity contribution in [3.05, 3.63) is 36.2 Å². The Morgan fingerprint density at radius 2 is 2.04 bits per heavy atom. The number of nitrogens with zero attached hydrogens (tertiary/aromatic N) is 3. The van der Waals surface area contributed by atoms with Crippen LogP contribution in [0.5, 0.6) is 11.5 Å². The minimum Gasteiger partial charge on any atom is -0.454 e. The molecule has 26 heavy (non-hydrogen) atoms. The molecule has 5 rings (SSSR count). The van der Waals surface area contributed by atoms with E-state index in [1.807, 2.05) is 18.2 Å². The van der Waals surface area contributed by atoms with Crippen LogP contribution in [-0.4, -0.2) is 48.3 Å². The number of aromatic nitrogens is 1. The first-order chi connectivity index (χ1) is 12.6. The summed E-state index contributed by atoms with van der Waals surface area (Å²) in [6.07, 6.45) is 2.68. The van der Waals surface area contributed by atoms with Crippen LogP contribution in [0.1, 0.15) is 23.4 Å². The molecule has 4 heterocycles. The van der Waals surface area contributed by atoms with Gasteiger partial charge in [-0.15, -0.1) is 0 Å². The molecule has 3 aliphatic rings. The fourth-order valence-corrected chi connectivity index (χ4v) is 4.05. The van der Waals surface area contributed by atoms with E-state index in [0.717, 1.165) is 12.1 Å². The highest BCUT2D eigenvalue weighted by atomic mass is 16.7. The van der Waals surface area contributed by atoms with Gasteiger partial charge in [-0.1, -0.05) is 5.16 Å². The molecule has 2 saturated heterocycles. The molecule has 0 N–H and O–H groups in total. The number of fused-ring (bicyclic) bond motifs is 1. The smallest absolute Gasteiger partial charge is 0.292 e. The number of anilines is 1. The zero-order valence-corrected chi connectivity index (χ0v) is 14.0. The molecule has 2 amide bonds. The van der Waals surface area contributed by atoms with Crippen molar-refractivity contribution in [3.63, 3.8) is 0 Å². The monoisotopic (exact) mass is 355 g/mol. The number of amides is 2. The molecule has 8 nitrogen and oxygen atoms in total. The molecule has 0 unspecified atom stereocenters. The van der Waals surface area contributed by atoms with Gasteiger partial charge in [0.05, 0.1) is 6.20 Å². The number of rotatable bonds is 2. The number of benzene rings is 1. The highest BCUT2D eigenvalue weighted by Gasteiger charge is 2.49. The van der Waals surface area contributed by atoms with Crippen molar-refractivity contribution in [1.29, 1.82) is 0 Å². The lowest BCUT2D eigenvalue weighted by molar-refractivity contribution is -0.117. The highest BCUT2D eigenvalue weighted by molar-refractivity contribution is 5.97. The third-order valence-electron chi connectivity index (χ3n) is 5.36. The molecule has 1 atom stereocenters. The van der Waals surface area contributed by atoms with Crippen LogP contribution >= 0.6 is 0 Å². The first-order valence-corrected chi connectivity index (χ1v) is 8.54. The molecule has 2 aromatic rings. The van der Waals surface area contributed by atoms with Crippen molar-refractivity contribution in [2.75, 3.05) is 31.3 Å². The van der Waals surface area contributed by atoms with Gasteiger partial charge in [0.1, 0.15) is 0 Å². The summed E-state index contributed by atoms with van der Waals surface area (Å²) >= 11 is 0. The van der Waals surface area contributed by atoms with Gasteiger partial charge in [0, 0.05) is 49.3 Å². The second kappa shape index (κ2) is 5.48. The summed E-state index contributed by atoms with van der Waals surface area (Å²) in [6, 6.07) is 7.10. The summed E-state index contributed by atoms with van der Waals surface area (Å²) in [4.78, 5) is 28.7. The predicted molar refractivity (Wildman–Crippen MR) is 89.0 cm³/mol. The molecule has 8 heteroatoms. The maximum atomic E-state index is 12.7. The van der Waals surface area contributed by atoms with E-state index in [2.05, 4.69) is 5.16 Å². The number of hydrogen-bond donors (Lipinski definition) is 0. The maximum absolute atomic E-state index is 12.7. The van der Waals surface area contributed by atoms with Crippen LogP contribution in [0.2, 0.25) is 0 Å². The van der Waals surface area contributed by atoms with E-state index in [9.17, 15) is 9.59 Å². The van der Waals surface area contributed by atoms with E-state index >= 15 is 0 Å². The van der Waals surface area contributed by atoms with Gasteiger partial charge in [0.2, 0.25) is 18.5 Å². The minimum absolute atomic E-state index is 0.0674. The Hall–Kier alpha value is -3.03. The van der Waals surface area contributed by atoms with Crippen molar-refractivity contribution in [1.82, 2.24) is 10.1 Å². The van der Waals surface area contributed by atoms with Crippen molar-refractivity contribution in [2.45, 2.75) is 12.8 Å². The van der Waals surface area contributed by atoms with Crippen molar-refractivity contribution >= 4 is 17.5 Å². The lowest BCUT2D eigenvalue weighted by Gasteiger charge is -2.24. The largest absolute Gasteiger partial charge is 0.454 e. The average Bonchev–Trinajstić information content (AvgIpc) is 3.42. The van der Waals surface area contributed by atoms with Crippen molar-refractivity contribution in [2.24, 2.45) is 5.41 Å². The first kappa shape index (κ1) is 15.2.